The minimum Gasteiger partial charge on any atom is -0.384 e. The Labute approximate surface area is 103 Å². The maximum Gasteiger partial charge on any atom is 0.242 e. The molecule has 5 nitrogen and oxygen atoms in total. The third-order valence-electron chi connectivity index (χ3n) is 1.84. The highest BCUT2D eigenvalue weighted by Gasteiger charge is 2.22. The first-order valence-corrected chi connectivity index (χ1v) is 6.96. The second-order valence-corrected chi connectivity index (χ2v) is 6.48. The predicted molar refractivity (Wildman–Crippen MR) is 68.5 cm³/mol. The molecule has 17 heavy (non-hydrogen) atoms. The molecule has 1 aromatic rings. The average molecular weight is 257 g/mol. The van der Waals surface area contributed by atoms with Gasteiger partial charge >= 0.3 is 0 Å². The van der Waals surface area contributed by atoms with Crippen LogP contribution in [0.3, 0.4) is 0 Å². The predicted octanol–water partition coefficient (Wildman–Crippen LogP) is 1.59. The molecular formula is C11H19N3O2S. The third kappa shape index (κ3) is 4.32. The molecule has 0 atom stereocenters. The third-order valence-corrected chi connectivity index (χ3v) is 3.57. The van der Waals surface area contributed by atoms with Crippen molar-refractivity contribution in [3.8, 4) is 0 Å². The number of sulfonamides is 1. The molecule has 1 aromatic heterocycles. The van der Waals surface area contributed by atoms with E-state index in [0.717, 1.165) is 6.54 Å². The molecule has 0 saturated carbocycles. The van der Waals surface area contributed by atoms with E-state index in [1.54, 1.807) is 33.0 Å². The van der Waals surface area contributed by atoms with Crippen LogP contribution in [0.2, 0.25) is 0 Å². The normalized spacial score (nSPS) is 12.5. The van der Waals surface area contributed by atoms with Crippen molar-refractivity contribution in [1.29, 1.82) is 0 Å². The highest BCUT2D eigenvalue weighted by Crippen LogP contribution is 2.15. The molecule has 2 N–H and O–H groups in total. The van der Waals surface area contributed by atoms with E-state index in [2.05, 4.69) is 15.0 Å². The van der Waals surface area contributed by atoms with Crippen molar-refractivity contribution in [2.45, 2.75) is 38.1 Å². The summed E-state index contributed by atoms with van der Waals surface area (Å²) >= 11 is 0. The fourth-order valence-corrected chi connectivity index (χ4v) is 2.73. The topological polar surface area (TPSA) is 71.1 Å². The van der Waals surface area contributed by atoms with Gasteiger partial charge in [-0.2, -0.15) is 0 Å². The number of nitrogens with one attached hydrogen (secondary N) is 2. The van der Waals surface area contributed by atoms with Crippen LogP contribution in [0.25, 0.3) is 0 Å². The minimum atomic E-state index is -3.51. The van der Waals surface area contributed by atoms with E-state index >= 15 is 0 Å². The Morgan fingerprint density at radius 1 is 1.29 bits per heavy atom. The molecule has 0 aliphatic heterocycles. The van der Waals surface area contributed by atoms with Crippen molar-refractivity contribution in [2.24, 2.45) is 0 Å². The molecule has 1 rings (SSSR count). The SMILES string of the molecule is CCNc1cncc(S(=O)(=O)NC(C)(C)C)c1. The van der Waals surface area contributed by atoms with Gasteiger partial charge in [-0.15, -0.1) is 0 Å². The molecule has 0 fully saturated rings. The van der Waals surface area contributed by atoms with Crippen LogP contribution in [-0.2, 0) is 10.0 Å². The molecule has 0 aliphatic carbocycles. The summed E-state index contributed by atoms with van der Waals surface area (Å²) in [5.41, 5.74) is 0.191. The molecule has 0 spiro atoms. The van der Waals surface area contributed by atoms with Crippen molar-refractivity contribution in [3.63, 3.8) is 0 Å². The largest absolute Gasteiger partial charge is 0.384 e. The number of anilines is 1. The van der Waals surface area contributed by atoms with E-state index in [-0.39, 0.29) is 4.90 Å². The molecule has 0 unspecified atom stereocenters. The van der Waals surface area contributed by atoms with Crippen LogP contribution >= 0.6 is 0 Å². The lowest BCUT2D eigenvalue weighted by Crippen LogP contribution is -2.40. The van der Waals surface area contributed by atoms with Crippen LogP contribution in [0, 0.1) is 0 Å². The fourth-order valence-electron chi connectivity index (χ4n) is 1.33. The van der Waals surface area contributed by atoms with E-state index in [9.17, 15) is 8.42 Å². The van der Waals surface area contributed by atoms with Crippen LogP contribution in [-0.4, -0.2) is 25.5 Å². The summed E-state index contributed by atoms with van der Waals surface area (Å²) in [6, 6.07) is 1.57. The van der Waals surface area contributed by atoms with E-state index in [0.29, 0.717) is 5.69 Å². The molecule has 0 radical (unpaired) electrons. The van der Waals surface area contributed by atoms with Gasteiger partial charge in [0.25, 0.3) is 0 Å². The first-order valence-electron chi connectivity index (χ1n) is 5.47. The minimum absolute atomic E-state index is 0.172. The number of rotatable bonds is 4. The summed E-state index contributed by atoms with van der Waals surface area (Å²) in [5, 5.41) is 3.03. The quantitative estimate of drug-likeness (QED) is 0.859. The Balaban J connectivity index is 3.03. The summed E-state index contributed by atoms with van der Waals surface area (Å²) in [7, 11) is -3.51. The molecule has 0 aromatic carbocycles. The standard InChI is InChI=1S/C11H19N3O2S/c1-5-13-9-6-10(8-12-7-9)17(15,16)14-11(2,3)4/h6-8,13-14H,5H2,1-4H3. The van der Waals surface area contributed by atoms with Crippen LogP contribution in [0.4, 0.5) is 5.69 Å². The maximum absolute atomic E-state index is 12.0. The summed E-state index contributed by atoms with van der Waals surface area (Å²) in [6.07, 6.45) is 2.94. The van der Waals surface area contributed by atoms with E-state index in [1.807, 2.05) is 6.92 Å². The van der Waals surface area contributed by atoms with Crippen LogP contribution in [0.15, 0.2) is 23.4 Å². The molecule has 0 amide bonds. The molecule has 0 saturated heterocycles. The lowest BCUT2D eigenvalue weighted by atomic mass is 10.1. The van der Waals surface area contributed by atoms with Crippen LogP contribution in [0.5, 0.6) is 0 Å². The van der Waals surface area contributed by atoms with Crippen molar-refractivity contribution in [2.75, 3.05) is 11.9 Å². The molecule has 6 heteroatoms. The van der Waals surface area contributed by atoms with Gasteiger partial charge in [0.05, 0.1) is 11.9 Å². The lowest BCUT2D eigenvalue weighted by molar-refractivity contribution is 0.491. The van der Waals surface area contributed by atoms with Crippen molar-refractivity contribution in [3.05, 3.63) is 18.5 Å². The Hall–Kier alpha value is -1.14. The Kier molecular flexibility index (Phi) is 4.11. The van der Waals surface area contributed by atoms with Crippen molar-refractivity contribution in [1.82, 2.24) is 9.71 Å². The lowest BCUT2D eigenvalue weighted by Gasteiger charge is -2.20. The van der Waals surface area contributed by atoms with Gasteiger partial charge in [-0.25, -0.2) is 13.1 Å². The molecule has 0 bridgehead atoms. The summed E-state index contributed by atoms with van der Waals surface area (Å²) in [5.74, 6) is 0. The average Bonchev–Trinajstić information content (AvgIpc) is 2.15. The van der Waals surface area contributed by atoms with Crippen molar-refractivity contribution < 1.29 is 8.42 Å². The molecule has 96 valence electrons. The van der Waals surface area contributed by atoms with Crippen LogP contribution < -0.4 is 10.0 Å². The van der Waals surface area contributed by atoms with Crippen LogP contribution in [0.1, 0.15) is 27.7 Å². The van der Waals surface area contributed by atoms with Gasteiger partial charge in [0.15, 0.2) is 0 Å². The van der Waals surface area contributed by atoms with Gasteiger partial charge in [0.2, 0.25) is 10.0 Å². The summed E-state index contributed by atoms with van der Waals surface area (Å²) in [6.45, 7) is 8.05. The zero-order chi connectivity index (χ0) is 13.1. The van der Waals surface area contributed by atoms with Gasteiger partial charge in [0.1, 0.15) is 4.90 Å². The van der Waals surface area contributed by atoms with Gasteiger partial charge in [-0.3, -0.25) is 4.98 Å². The fraction of sp³-hybridized carbons (Fsp3) is 0.545. The highest BCUT2D eigenvalue weighted by atomic mass is 32.2. The number of hydrogen-bond donors (Lipinski definition) is 2. The van der Waals surface area contributed by atoms with E-state index in [4.69, 9.17) is 0 Å². The zero-order valence-electron chi connectivity index (χ0n) is 10.6. The van der Waals surface area contributed by atoms with E-state index in [1.165, 1.54) is 6.20 Å². The molecular weight excluding hydrogens is 238 g/mol. The van der Waals surface area contributed by atoms with E-state index < -0.39 is 15.6 Å². The van der Waals surface area contributed by atoms with Crippen molar-refractivity contribution >= 4 is 15.7 Å². The molecule has 0 aliphatic rings. The Bertz CT molecular complexity index is 478. The highest BCUT2D eigenvalue weighted by molar-refractivity contribution is 7.89. The van der Waals surface area contributed by atoms with Gasteiger partial charge in [-0.05, 0) is 33.8 Å². The number of aromatic nitrogens is 1. The molecule has 1 heterocycles. The van der Waals surface area contributed by atoms with Gasteiger partial charge in [-0.1, -0.05) is 0 Å². The summed E-state index contributed by atoms with van der Waals surface area (Å²) in [4.78, 5) is 4.09. The second kappa shape index (κ2) is 5.01. The summed E-state index contributed by atoms with van der Waals surface area (Å²) < 4.78 is 26.6. The van der Waals surface area contributed by atoms with Gasteiger partial charge < -0.3 is 5.32 Å². The number of hydrogen-bond acceptors (Lipinski definition) is 4. The number of pyridine rings is 1. The first kappa shape index (κ1) is 13.9. The maximum atomic E-state index is 12.0. The smallest absolute Gasteiger partial charge is 0.242 e. The Morgan fingerprint density at radius 2 is 1.94 bits per heavy atom. The zero-order valence-corrected chi connectivity index (χ0v) is 11.4. The number of nitrogens with zero attached hydrogens (tertiary/aromatic N) is 1. The van der Waals surface area contributed by atoms with Gasteiger partial charge in [0, 0.05) is 18.3 Å². The first-order chi connectivity index (χ1) is 7.74. The monoisotopic (exact) mass is 257 g/mol. The second-order valence-electron chi connectivity index (χ2n) is 4.80. The Morgan fingerprint density at radius 3 is 2.47 bits per heavy atom.